The van der Waals surface area contributed by atoms with E-state index in [0.29, 0.717) is 27.2 Å². The molecule has 0 bridgehead atoms. The van der Waals surface area contributed by atoms with Crippen LogP contribution in [0.3, 0.4) is 0 Å². The van der Waals surface area contributed by atoms with Gasteiger partial charge in [0.15, 0.2) is 0 Å². The molecular formula is C11H12Cl3NO2. The predicted octanol–water partition coefficient (Wildman–Crippen LogP) is 3.60. The third-order valence-electron chi connectivity index (χ3n) is 2.11. The quantitative estimate of drug-likeness (QED) is 0.682. The van der Waals surface area contributed by atoms with Crippen LogP contribution in [-0.2, 0) is 9.53 Å². The smallest absolute Gasteiger partial charge is 0.307 e. The Kier molecular flexibility index (Phi) is 5.53. The van der Waals surface area contributed by atoms with Crippen molar-refractivity contribution < 1.29 is 9.53 Å². The van der Waals surface area contributed by atoms with Crippen molar-refractivity contribution in [3.8, 4) is 0 Å². The first-order chi connectivity index (χ1) is 7.95. The number of esters is 1. The van der Waals surface area contributed by atoms with Gasteiger partial charge in [0.2, 0.25) is 0 Å². The highest BCUT2D eigenvalue weighted by Gasteiger charge is 2.17. The van der Waals surface area contributed by atoms with E-state index in [0.717, 1.165) is 0 Å². The largest absolute Gasteiger partial charge is 0.466 e. The number of ether oxygens (including phenoxy) is 1. The van der Waals surface area contributed by atoms with Crippen LogP contribution in [0.4, 0.5) is 0 Å². The van der Waals surface area contributed by atoms with Gasteiger partial charge in [-0.25, -0.2) is 0 Å². The summed E-state index contributed by atoms with van der Waals surface area (Å²) in [5.41, 5.74) is 6.40. The van der Waals surface area contributed by atoms with Crippen LogP contribution in [0.2, 0.25) is 15.1 Å². The lowest BCUT2D eigenvalue weighted by molar-refractivity contribution is -0.143. The van der Waals surface area contributed by atoms with Crippen LogP contribution < -0.4 is 5.73 Å². The summed E-state index contributed by atoms with van der Waals surface area (Å²) in [5, 5.41) is 1.05. The summed E-state index contributed by atoms with van der Waals surface area (Å²) in [7, 11) is 0. The molecule has 0 heterocycles. The van der Waals surface area contributed by atoms with E-state index < -0.39 is 6.04 Å². The number of hydrogen-bond acceptors (Lipinski definition) is 3. The number of carbonyl (C=O) groups is 1. The Bertz CT molecular complexity index is 423. The second-order valence-electron chi connectivity index (χ2n) is 3.41. The maximum Gasteiger partial charge on any atom is 0.307 e. The number of rotatable bonds is 4. The van der Waals surface area contributed by atoms with E-state index in [-0.39, 0.29) is 12.4 Å². The van der Waals surface area contributed by atoms with Crippen LogP contribution in [-0.4, -0.2) is 12.6 Å². The lowest BCUT2D eigenvalue weighted by Gasteiger charge is -2.14. The molecule has 1 unspecified atom stereocenters. The van der Waals surface area contributed by atoms with Gasteiger partial charge in [0.05, 0.1) is 23.1 Å². The topological polar surface area (TPSA) is 52.3 Å². The highest BCUT2D eigenvalue weighted by Crippen LogP contribution is 2.33. The average molecular weight is 297 g/mol. The summed E-state index contributed by atoms with van der Waals surface area (Å²) >= 11 is 17.7. The van der Waals surface area contributed by atoms with Crippen LogP contribution in [0.25, 0.3) is 0 Å². The molecule has 0 aliphatic rings. The fourth-order valence-electron chi connectivity index (χ4n) is 1.36. The first-order valence-corrected chi connectivity index (χ1v) is 6.14. The molecule has 1 rings (SSSR count). The molecule has 0 saturated heterocycles. The number of hydrogen-bond donors (Lipinski definition) is 1. The van der Waals surface area contributed by atoms with Gasteiger partial charge < -0.3 is 10.5 Å². The molecule has 3 nitrogen and oxygen atoms in total. The van der Waals surface area contributed by atoms with Crippen LogP contribution in [0, 0.1) is 0 Å². The van der Waals surface area contributed by atoms with Crippen LogP contribution in [0.5, 0.6) is 0 Å². The summed E-state index contributed by atoms with van der Waals surface area (Å²) in [5.74, 6) is -0.382. The second-order valence-corrected chi connectivity index (χ2v) is 4.63. The number of carbonyl (C=O) groups excluding carboxylic acids is 1. The molecule has 1 aromatic rings. The summed E-state index contributed by atoms with van der Waals surface area (Å²) < 4.78 is 4.81. The van der Waals surface area contributed by atoms with Crippen LogP contribution in [0.15, 0.2) is 12.1 Å². The molecule has 1 atom stereocenters. The van der Waals surface area contributed by atoms with Gasteiger partial charge in [-0.2, -0.15) is 0 Å². The van der Waals surface area contributed by atoms with Crippen LogP contribution >= 0.6 is 34.8 Å². The van der Waals surface area contributed by atoms with Crippen molar-refractivity contribution in [2.45, 2.75) is 19.4 Å². The van der Waals surface area contributed by atoms with E-state index in [2.05, 4.69) is 0 Å². The molecular weight excluding hydrogens is 284 g/mol. The van der Waals surface area contributed by atoms with Gasteiger partial charge in [-0.15, -0.1) is 0 Å². The van der Waals surface area contributed by atoms with Gasteiger partial charge in [-0.05, 0) is 24.6 Å². The zero-order chi connectivity index (χ0) is 13.0. The van der Waals surface area contributed by atoms with Crippen molar-refractivity contribution in [1.82, 2.24) is 0 Å². The normalized spacial score (nSPS) is 12.3. The third kappa shape index (κ3) is 4.03. The minimum absolute atomic E-state index is 0.0320. The first-order valence-electron chi connectivity index (χ1n) is 5.01. The summed E-state index contributed by atoms with van der Waals surface area (Å²) in [4.78, 5) is 11.3. The molecule has 0 aliphatic heterocycles. The molecule has 94 valence electrons. The first kappa shape index (κ1) is 14.6. The van der Waals surface area contributed by atoms with Crippen molar-refractivity contribution in [3.05, 3.63) is 32.8 Å². The average Bonchev–Trinajstić information content (AvgIpc) is 2.23. The maximum atomic E-state index is 11.3. The van der Waals surface area contributed by atoms with E-state index in [9.17, 15) is 4.79 Å². The highest BCUT2D eigenvalue weighted by atomic mass is 35.5. The molecule has 0 spiro atoms. The zero-order valence-electron chi connectivity index (χ0n) is 9.17. The van der Waals surface area contributed by atoms with E-state index in [1.807, 2.05) is 0 Å². The van der Waals surface area contributed by atoms with Gasteiger partial charge in [-0.1, -0.05) is 34.8 Å². The third-order valence-corrected chi connectivity index (χ3v) is 3.15. The van der Waals surface area contributed by atoms with Crippen LogP contribution in [0.1, 0.15) is 24.9 Å². The Morgan fingerprint density at radius 2 is 2.06 bits per heavy atom. The number of halogens is 3. The molecule has 0 radical (unpaired) electrons. The van der Waals surface area contributed by atoms with Gasteiger partial charge >= 0.3 is 5.97 Å². The van der Waals surface area contributed by atoms with E-state index in [1.54, 1.807) is 13.0 Å². The molecule has 2 N–H and O–H groups in total. The van der Waals surface area contributed by atoms with Gasteiger partial charge in [0.1, 0.15) is 0 Å². The number of benzene rings is 1. The Hall–Kier alpha value is -0.480. The highest BCUT2D eigenvalue weighted by molar-refractivity contribution is 6.43. The molecule has 0 aliphatic carbocycles. The molecule has 1 aromatic carbocycles. The molecule has 0 saturated carbocycles. The standard InChI is InChI=1S/C11H12Cl3NO2/c1-2-17-10(16)5-9(15)7-3-6(12)4-8(13)11(7)14/h3-4,9H,2,5,15H2,1H3. The van der Waals surface area contributed by atoms with Crippen molar-refractivity contribution in [3.63, 3.8) is 0 Å². The fourth-order valence-corrected chi connectivity index (χ4v) is 2.11. The van der Waals surface area contributed by atoms with Gasteiger partial charge in [0, 0.05) is 11.1 Å². The molecule has 6 heteroatoms. The Balaban J connectivity index is 2.88. The molecule has 17 heavy (non-hydrogen) atoms. The SMILES string of the molecule is CCOC(=O)CC(N)c1cc(Cl)cc(Cl)c1Cl. The van der Waals surface area contributed by atoms with Crippen molar-refractivity contribution >= 4 is 40.8 Å². The Labute approximate surface area is 115 Å². The van der Waals surface area contributed by atoms with Gasteiger partial charge in [-0.3, -0.25) is 4.79 Å². The lowest BCUT2D eigenvalue weighted by Crippen LogP contribution is -2.17. The fraction of sp³-hybridized carbons (Fsp3) is 0.364. The minimum Gasteiger partial charge on any atom is -0.466 e. The summed E-state index contributed by atoms with van der Waals surface area (Å²) in [6, 6.07) is 2.53. The minimum atomic E-state index is -0.585. The molecule has 0 amide bonds. The van der Waals surface area contributed by atoms with Crippen molar-refractivity contribution in [2.24, 2.45) is 5.73 Å². The van der Waals surface area contributed by atoms with E-state index >= 15 is 0 Å². The lowest BCUT2D eigenvalue weighted by atomic mass is 10.0. The maximum absolute atomic E-state index is 11.3. The van der Waals surface area contributed by atoms with Crippen molar-refractivity contribution in [1.29, 1.82) is 0 Å². The summed E-state index contributed by atoms with van der Waals surface area (Å²) in [6.07, 6.45) is 0.0320. The summed E-state index contributed by atoms with van der Waals surface area (Å²) in [6.45, 7) is 2.04. The monoisotopic (exact) mass is 295 g/mol. The van der Waals surface area contributed by atoms with E-state index in [4.69, 9.17) is 45.3 Å². The Morgan fingerprint density at radius 1 is 1.41 bits per heavy atom. The van der Waals surface area contributed by atoms with Gasteiger partial charge in [0.25, 0.3) is 0 Å². The molecule has 0 aromatic heterocycles. The Morgan fingerprint density at radius 3 is 2.65 bits per heavy atom. The van der Waals surface area contributed by atoms with E-state index in [1.165, 1.54) is 6.07 Å². The second kappa shape index (κ2) is 6.45. The van der Waals surface area contributed by atoms with Crippen molar-refractivity contribution in [2.75, 3.05) is 6.61 Å². The predicted molar refractivity (Wildman–Crippen MR) is 69.7 cm³/mol. The number of nitrogens with two attached hydrogens (primary N) is 1. The molecule has 0 fully saturated rings. The zero-order valence-corrected chi connectivity index (χ0v) is 11.4.